The molecular formula is C24H30ClN3O4S. The molecule has 2 aliphatic rings. The number of nitrogens with zero attached hydrogens (tertiary/aromatic N) is 2. The average Bonchev–Trinajstić information content (AvgIpc) is 2.79. The lowest BCUT2D eigenvalue weighted by Crippen LogP contribution is -2.48. The molecule has 178 valence electrons. The van der Waals surface area contributed by atoms with E-state index < -0.39 is 10.0 Å². The summed E-state index contributed by atoms with van der Waals surface area (Å²) in [5.41, 5.74) is 1.97. The van der Waals surface area contributed by atoms with Gasteiger partial charge in [-0.05, 0) is 69.5 Å². The lowest BCUT2D eigenvalue weighted by Gasteiger charge is -2.34. The Morgan fingerprint density at radius 1 is 1.03 bits per heavy atom. The molecule has 1 amide bonds. The van der Waals surface area contributed by atoms with E-state index in [1.165, 1.54) is 41.8 Å². The zero-order valence-electron chi connectivity index (χ0n) is 19.0. The Hall–Kier alpha value is -2.13. The summed E-state index contributed by atoms with van der Waals surface area (Å²) in [5.74, 6) is -0.386. The molecule has 0 bridgehead atoms. The molecule has 4 rings (SSSR count). The molecule has 2 unspecified atom stereocenters. The molecular weight excluding hydrogens is 462 g/mol. The van der Waals surface area contributed by atoms with E-state index in [1.807, 2.05) is 38.1 Å². The second kappa shape index (κ2) is 10.0. The van der Waals surface area contributed by atoms with Crippen molar-refractivity contribution in [3.8, 4) is 0 Å². The van der Waals surface area contributed by atoms with Crippen LogP contribution in [0.15, 0.2) is 47.4 Å². The number of halogens is 1. The maximum absolute atomic E-state index is 13.3. The second-order valence-electron chi connectivity index (χ2n) is 8.78. The highest BCUT2D eigenvalue weighted by atomic mass is 35.5. The molecule has 33 heavy (non-hydrogen) atoms. The maximum atomic E-state index is 13.3. The highest BCUT2D eigenvalue weighted by Crippen LogP contribution is 2.29. The summed E-state index contributed by atoms with van der Waals surface area (Å²) in [4.78, 5) is 15.2. The summed E-state index contributed by atoms with van der Waals surface area (Å²) in [6.45, 7) is 6.16. The number of rotatable bonds is 5. The van der Waals surface area contributed by atoms with Crippen LogP contribution in [-0.4, -0.2) is 57.0 Å². The monoisotopic (exact) mass is 491 g/mol. The van der Waals surface area contributed by atoms with Gasteiger partial charge in [-0.3, -0.25) is 4.79 Å². The third-order valence-corrected chi connectivity index (χ3v) is 8.34. The fraction of sp³-hybridized carbons (Fsp3) is 0.458. The zero-order valence-corrected chi connectivity index (χ0v) is 20.5. The Bertz CT molecular complexity index is 1110. The lowest BCUT2D eigenvalue weighted by atomic mass is 10.1. The predicted molar refractivity (Wildman–Crippen MR) is 131 cm³/mol. The van der Waals surface area contributed by atoms with Gasteiger partial charge in [0.15, 0.2) is 0 Å². The number of carbonyl (C=O) groups is 1. The van der Waals surface area contributed by atoms with Gasteiger partial charge in [0.1, 0.15) is 4.90 Å². The van der Waals surface area contributed by atoms with E-state index in [9.17, 15) is 13.2 Å². The van der Waals surface area contributed by atoms with Crippen LogP contribution in [0.3, 0.4) is 0 Å². The summed E-state index contributed by atoms with van der Waals surface area (Å²) in [6, 6.07) is 12.1. The number of ether oxygens (including phenoxy) is 1. The van der Waals surface area contributed by atoms with Crippen LogP contribution in [0.25, 0.3) is 0 Å². The van der Waals surface area contributed by atoms with E-state index in [4.69, 9.17) is 16.3 Å². The first kappa shape index (κ1) is 24.0. The van der Waals surface area contributed by atoms with Crippen LogP contribution in [0.2, 0.25) is 5.02 Å². The highest BCUT2D eigenvalue weighted by molar-refractivity contribution is 7.89. The first-order valence-corrected chi connectivity index (χ1v) is 13.2. The lowest BCUT2D eigenvalue weighted by molar-refractivity contribution is -0.0440. The van der Waals surface area contributed by atoms with E-state index in [1.54, 1.807) is 0 Å². The SMILES string of the molecule is CC1CN(S(=O)(=O)c2cc(C(=O)Nc3cccc(N4CCCCC4)c3)ccc2Cl)CC(C)O1. The molecule has 2 atom stereocenters. The Kier molecular flexibility index (Phi) is 7.28. The summed E-state index contributed by atoms with van der Waals surface area (Å²) in [6.07, 6.45) is 3.14. The topological polar surface area (TPSA) is 79.0 Å². The molecule has 7 nitrogen and oxygen atoms in total. The number of anilines is 2. The number of piperidine rings is 1. The van der Waals surface area contributed by atoms with Crippen LogP contribution in [-0.2, 0) is 14.8 Å². The molecule has 0 radical (unpaired) electrons. The number of hydrogen-bond donors (Lipinski definition) is 1. The van der Waals surface area contributed by atoms with Crippen molar-refractivity contribution in [3.63, 3.8) is 0 Å². The van der Waals surface area contributed by atoms with Crippen molar-refractivity contribution < 1.29 is 17.9 Å². The summed E-state index contributed by atoms with van der Waals surface area (Å²) < 4.78 is 33.6. The maximum Gasteiger partial charge on any atom is 0.255 e. The molecule has 0 saturated carbocycles. The van der Waals surface area contributed by atoms with E-state index in [0.717, 1.165) is 18.8 Å². The van der Waals surface area contributed by atoms with Gasteiger partial charge in [0.25, 0.3) is 5.91 Å². The minimum atomic E-state index is -3.87. The molecule has 2 fully saturated rings. The third-order valence-electron chi connectivity index (χ3n) is 6.02. The smallest absolute Gasteiger partial charge is 0.255 e. The van der Waals surface area contributed by atoms with Gasteiger partial charge in [0, 0.05) is 43.1 Å². The van der Waals surface area contributed by atoms with E-state index in [-0.39, 0.29) is 46.7 Å². The largest absolute Gasteiger partial charge is 0.373 e. The van der Waals surface area contributed by atoms with Gasteiger partial charge in [-0.25, -0.2) is 8.42 Å². The molecule has 0 spiro atoms. The van der Waals surface area contributed by atoms with Crippen LogP contribution >= 0.6 is 11.6 Å². The van der Waals surface area contributed by atoms with Crippen LogP contribution in [0.5, 0.6) is 0 Å². The minimum absolute atomic E-state index is 0.0693. The molecule has 2 aromatic carbocycles. The molecule has 2 saturated heterocycles. The fourth-order valence-corrected chi connectivity index (χ4v) is 6.54. The van der Waals surface area contributed by atoms with Crippen molar-refractivity contribution in [2.45, 2.75) is 50.2 Å². The number of sulfonamides is 1. The number of benzene rings is 2. The van der Waals surface area contributed by atoms with E-state index in [2.05, 4.69) is 10.2 Å². The molecule has 9 heteroatoms. The van der Waals surface area contributed by atoms with Crippen LogP contribution in [0, 0.1) is 0 Å². The van der Waals surface area contributed by atoms with Gasteiger partial charge in [-0.2, -0.15) is 4.31 Å². The molecule has 2 aliphatic heterocycles. The van der Waals surface area contributed by atoms with Crippen molar-refractivity contribution >= 4 is 38.9 Å². The van der Waals surface area contributed by atoms with Gasteiger partial charge < -0.3 is 15.0 Å². The van der Waals surface area contributed by atoms with Gasteiger partial charge >= 0.3 is 0 Å². The molecule has 2 aromatic rings. The standard InChI is InChI=1S/C24H30ClN3O4S/c1-17-15-28(16-18(2)32-17)33(30,31)23-13-19(9-10-22(23)25)24(29)26-20-7-6-8-21(14-20)27-11-4-3-5-12-27/h6-10,13-14,17-18H,3-5,11-12,15-16H2,1-2H3,(H,26,29). The van der Waals surface area contributed by atoms with Crippen molar-refractivity contribution in [2.24, 2.45) is 0 Å². The van der Waals surface area contributed by atoms with Gasteiger partial charge in [-0.1, -0.05) is 17.7 Å². The average molecular weight is 492 g/mol. The summed E-state index contributed by atoms with van der Waals surface area (Å²) in [5, 5.41) is 2.98. The van der Waals surface area contributed by atoms with Crippen LogP contribution in [0.4, 0.5) is 11.4 Å². The minimum Gasteiger partial charge on any atom is -0.373 e. The Morgan fingerprint density at radius 2 is 1.73 bits per heavy atom. The quantitative estimate of drug-likeness (QED) is 0.671. The van der Waals surface area contributed by atoms with Crippen molar-refractivity contribution in [1.82, 2.24) is 4.31 Å². The van der Waals surface area contributed by atoms with Gasteiger partial charge in [0.2, 0.25) is 10.0 Å². The fourth-order valence-electron chi connectivity index (χ4n) is 4.44. The molecule has 2 heterocycles. The second-order valence-corrected chi connectivity index (χ2v) is 11.1. The van der Waals surface area contributed by atoms with Crippen molar-refractivity contribution in [3.05, 3.63) is 53.1 Å². The third kappa shape index (κ3) is 5.51. The number of amides is 1. The number of nitrogens with one attached hydrogen (secondary N) is 1. The Morgan fingerprint density at radius 3 is 2.42 bits per heavy atom. The first-order valence-electron chi connectivity index (χ1n) is 11.4. The number of morpholine rings is 1. The Labute approximate surface area is 200 Å². The van der Waals surface area contributed by atoms with E-state index in [0.29, 0.717) is 5.69 Å². The van der Waals surface area contributed by atoms with Crippen molar-refractivity contribution in [2.75, 3.05) is 36.4 Å². The van der Waals surface area contributed by atoms with Gasteiger partial charge in [-0.15, -0.1) is 0 Å². The van der Waals surface area contributed by atoms with Crippen LogP contribution < -0.4 is 10.2 Å². The summed E-state index contributed by atoms with van der Waals surface area (Å²) >= 11 is 6.27. The van der Waals surface area contributed by atoms with Crippen molar-refractivity contribution in [1.29, 1.82) is 0 Å². The normalized spacial score (nSPS) is 22.2. The predicted octanol–water partition coefficient (Wildman–Crippen LogP) is 4.38. The highest BCUT2D eigenvalue weighted by Gasteiger charge is 2.34. The molecule has 1 N–H and O–H groups in total. The first-order chi connectivity index (χ1) is 15.7. The zero-order chi connectivity index (χ0) is 23.6. The molecule has 0 aliphatic carbocycles. The van der Waals surface area contributed by atoms with E-state index >= 15 is 0 Å². The molecule has 0 aromatic heterocycles. The Balaban J connectivity index is 1.54. The van der Waals surface area contributed by atoms with Crippen LogP contribution in [0.1, 0.15) is 43.5 Å². The summed E-state index contributed by atoms with van der Waals surface area (Å²) in [7, 11) is -3.87. The number of hydrogen-bond acceptors (Lipinski definition) is 5. The number of carbonyl (C=O) groups excluding carboxylic acids is 1. The van der Waals surface area contributed by atoms with Gasteiger partial charge in [0.05, 0.1) is 17.2 Å².